The zero-order chi connectivity index (χ0) is 19.4. The maximum Gasteiger partial charge on any atom is 0.402 e. The molecule has 0 saturated carbocycles. The van der Waals surface area contributed by atoms with E-state index in [2.05, 4.69) is 27.3 Å². The van der Waals surface area contributed by atoms with Gasteiger partial charge in [0.15, 0.2) is 12.4 Å². The summed E-state index contributed by atoms with van der Waals surface area (Å²) in [5.74, 6) is -2.11. The van der Waals surface area contributed by atoms with E-state index in [-0.39, 0.29) is 5.75 Å². The molecule has 0 spiro atoms. The van der Waals surface area contributed by atoms with Crippen molar-refractivity contribution in [3.05, 3.63) is 35.0 Å². The normalized spacial score (nSPS) is 12.2. The van der Waals surface area contributed by atoms with Gasteiger partial charge < -0.3 is 9.47 Å². The third-order valence-corrected chi connectivity index (χ3v) is 5.38. The molecule has 1 aromatic carbocycles. The van der Waals surface area contributed by atoms with E-state index in [1.807, 2.05) is 45.2 Å². The van der Waals surface area contributed by atoms with Crippen molar-refractivity contribution < 1.29 is 40.8 Å². The van der Waals surface area contributed by atoms with E-state index in [4.69, 9.17) is 9.29 Å². The average Bonchev–Trinajstić information content (AvgIpc) is 2.45. The van der Waals surface area contributed by atoms with Crippen molar-refractivity contribution in [1.82, 2.24) is 0 Å². The van der Waals surface area contributed by atoms with Crippen molar-refractivity contribution >= 4 is 89.8 Å². The molecule has 1 N–H and O–H groups in total. The van der Waals surface area contributed by atoms with Gasteiger partial charge >= 0.3 is 27.3 Å². The molecule has 138 valence electrons. The second kappa shape index (κ2) is 9.18. The topological polar surface area (TPSA) is 107 Å². The first-order valence-electron chi connectivity index (χ1n) is 5.89. The van der Waals surface area contributed by atoms with E-state index in [1.54, 1.807) is 12.1 Å². The Bertz CT molecular complexity index is 801. The van der Waals surface area contributed by atoms with Gasteiger partial charge in [0.05, 0.1) is 7.14 Å². The number of rotatable bonds is 6. The van der Waals surface area contributed by atoms with Crippen LogP contribution in [0.2, 0.25) is 0 Å². The summed E-state index contributed by atoms with van der Waals surface area (Å²) in [6.07, 6.45) is 1.13. The lowest BCUT2D eigenvalue weighted by Crippen LogP contribution is -2.34. The summed E-state index contributed by atoms with van der Waals surface area (Å²) in [7, 11) is -5.71. The standard InChI is InChI=1S/C12H7F2I3O7S/c13-12(14,25(20,21)22)5-23-9(18)1-2-10(19)24-11-7(16)3-6(15)4-8(11)17/h1-4H,5H2,(H,20,21,22)/b2-1-. The summed E-state index contributed by atoms with van der Waals surface area (Å²) < 4.78 is 65.9. The highest BCUT2D eigenvalue weighted by molar-refractivity contribution is 14.1. The molecule has 0 aliphatic carbocycles. The molecule has 0 unspecified atom stereocenters. The zero-order valence-corrected chi connectivity index (χ0v) is 19.0. The summed E-state index contributed by atoms with van der Waals surface area (Å²) in [6, 6.07) is 3.50. The van der Waals surface area contributed by atoms with E-state index in [1.165, 1.54) is 0 Å². The molecule has 7 nitrogen and oxygen atoms in total. The minimum Gasteiger partial charge on any atom is -0.455 e. The predicted molar refractivity (Wildman–Crippen MR) is 107 cm³/mol. The SMILES string of the molecule is O=C(/C=C\C(=O)Oc1c(I)cc(I)cc1I)OCC(F)(F)S(=O)(=O)O. The molecule has 1 aromatic rings. The quantitative estimate of drug-likeness (QED) is 0.159. The molecule has 0 bridgehead atoms. The number of halogens is 5. The van der Waals surface area contributed by atoms with Crippen LogP contribution in [0, 0.1) is 10.7 Å². The Morgan fingerprint density at radius 2 is 1.60 bits per heavy atom. The first-order valence-corrected chi connectivity index (χ1v) is 10.6. The average molecular weight is 714 g/mol. The van der Waals surface area contributed by atoms with Crippen LogP contribution in [0.15, 0.2) is 24.3 Å². The number of hydrogen-bond acceptors (Lipinski definition) is 6. The zero-order valence-electron chi connectivity index (χ0n) is 11.7. The van der Waals surface area contributed by atoms with Gasteiger partial charge in [-0.05, 0) is 79.9 Å². The lowest BCUT2D eigenvalue weighted by Gasteiger charge is -2.11. The van der Waals surface area contributed by atoms with Crippen LogP contribution in [-0.2, 0) is 24.4 Å². The third kappa shape index (κ3) is 7.18. The number of alkyl halides is 2. The Hall–Kier alpha value is -0.140. The van der Waals surface area contributed by atoms with Crippen LogP contribution in [0.25, 0.3) is 0 Å². The van der Waals surface area contributed by atoms with Crippen molar-refractivity contribution in [2.24, 2.45) is 0 Å². The fourth-order valence-electron chi connectivity index (χ4n) is 1.17. The molecule has 0 aliphatic rings. The number of carbonyl (C=O) groups is 2. The first kappa shape index (κ1) is 22.9. The Kier molecular flexibility index (Phi) is 8.41. The molecule has 0 fully saturated rings. The Labute approximate surface area is 181 Å². The van der Waals surface area contributed by atoms with Crippen LogP contribution in [0.5, 0.6) is 5.75 Å². The number of esters is 2. The van der Waals surface area contributed by atoms with Crippen molar-refractivity contribution in [3.63, 3.8) is 0 Å². The molecule has 0 saturated heterocycles. The molecular formula is C12H7F2I3O7S. The van der Waals surface area contributed by atoms with E-state index < -0.39 is 33.9 Å². The van der Waals surface area contributed by atoms with E-state index in [0.717, 1.165) is 3.57 Å². The van der Waals surface area contributed by atoms with Gasteiger partial charge in [-0.15, -0.1) is 0 Å². The highest BCUT2D eigenvalue weighted by Crippen LogP contribution is 2.29. The maximum absolute atomic E-state index is 12.9. The number of hydrogen-bond donors (Lipinski definition) is 1. The summed E-state index contributed by atoms with van der Waals surface area (Å²) in [6.45, 7) is -1.89. The summed E-state index contributed by atoms with van der Waals surface area (Å²) in [5, 5.41) is -4.65. The largest absolute Gasteiger partial charge is 0.455 e. The van der Waals surface area contributed by atoms with Crippen LogP contribution < -0.4 is 4.74 Å². The molecule has 0 heterocycles. The molecule has 0 amide bonds. The number of carbonyl (C=O) groups excluding carboxylic acids is 2. The third-order valence-electron chi connectivity index (χ3n) is 2.28. The smallest absolute Gasteiger partial charge is 0.402 e. The highest BCUT2D eigenvalue weighted by atomic mass is 127. The van der Waals surface area contributed by atoms with E-state index >= 15 is 0 Å². The molecule has 13 heteroatoms. The second-order valence-corrected chi connectivity index (χ2v) is 9.29. The van der Waals surface area contributed by atoms with Gasteiger partial charge in [-0.25, -0.2) is 9.59 Å². The van der Waals surface area contributed by atoms with E-state index in [0.29, 0.717) is 19.3 Å². The lowest BCUT2D eigenvalue weighted by molar-refractivity contribution is -0.144. The molecule has 0 atom stereocenters. The summed E-state index contributed by atoms with van der Waals surface area (Å²) in [5.41, 5.74) is 0. The summed E-state index contributed by atoms with van der Waals surface area (Å²) in [4.78, 5) is 22.9. The molecule has 1 rings (SSSR count). The number of ether oxygens (including phenoxy) is 2. The fourth-order valence-corrected chi connectivity index (χ4v) is 5.19. The van der Waals surface area contributed by atoms with Crippen LogP contribution >= 0.6 is 67.8 Å². The minimum atomic E-state index is -5.71. The van der Waals surface area contributed by atoms with Gasteiger partial charge in [0.25, 0.3) is 0 Å². The van der Waals surface area contributed by atoms with Crippen molar-refractivity contribution in [1.29, 1.82) is 0 Å². The van der Waals surface area contributed by atoms with Gasteiger partial charge in [-0.3, -0.25) is 4.55 Å². The Morgan fingerprint density at radius 3 is 2.08 bits per heavy atom. The monoisotopic (exact) mass is 714 g/mol. The Balaban J connectivity index is 2.67. The van der Waals surface area contributed by atoms with Crippen LogP contribution in [0.3, 0.4) is 0 Å². The molecule has 0 aromatic heterocycles. The molecule has 0 radical (unpaired) electrons. The van der Waals surface area contributed by atoms with Crippen molar-refractivity contribution in [2.75, 3.05) is 6.61 Å². The first-order chi connectivity index (χ1) is 11.3. The maximum atomic E-state index is 12.9. The Morgan fingerprint density at radius 1 is 1.12 bits per heavy atom. The van der Waals surface area contributed by atoms with Crippen LogP contribution in [0.1, 0.15) is 0 Å². The van der Waals surface area contributed by atoms with Gasteiger partial charge in [0, 0.05) is 15.7 Å². The van der Waals surface area contributed by atoms with Gasteiger partial charge in [-0.2, -0.15) is 17.2 Å². The fraction of sp³-hybridized carbons (Fsp3) is 0.167. The van der Waals surface area contributed by atoms with Gasteiger partial charge in [0.1, 0.15) is 0 Å². The van der Waals surface area contributed by atoms with Gasteiger partial charge in [0.2, 0.25) is 0 Å². The van der Waals surface area contributed by atoms with E-state index in [9.17, 15) is 26.8 Å². The van der Waals surface area contributed by atoms with Crippen molar-refractivity contribution in [2.45, 2.75) is 5.25 Å². The number of benzene rings is 1. The van der Waals surface area contributed by atoms with Gasteiger partial charge in [-0.1, -0.05) is 0 Å². The predicted octanol–water partition coefficient (Wildman–Crippen LogP) is 2.99. The molecular weight excluding hydrogens is 707 g/mol. The molecule has 25 heavy (non-hydrogen) atoms. The molecule has 0 aliphatic heterocycles. The second-order valence-electron chi connectivity index (χ2n) is 4.17. The lowest BCUT2D eigenvalue weighted by atomic mass is 10.3. The highest BCUT2D eigenvalue weighted by Gasteiger charge is 2.45. The minimum absolute atomic E-state index is 0.266. The van der Waals surface area contributed by atoms with Crippen LogP contribution in [0.4, 0.5) is 8.78 Å². The van der Waals surface area contributed by atoms with Crippen molar-refractivity contribution in [3.8, 4) is 5.75 Å². The van der Waals surface area contributed by atoms with Crippen LogP contribution in [-0.4, -0.2) is 36.8 Å². The summed E-state index contributed by atoms with van der Waals surface area (Å²) >= 11 is 5.98.